The minimum Gasteiger partial charge on any atom is -0.550 e. The van der Waals surface area contributed by atoms with Crippen molar-refractivity contribution >= 4 is 23.5 Å². The molecule has 0 aliphatic heterocycles. The molecule has 0 amide bonds. The van der Waals surface area contributed by atoms with Crippen LogP contribution in [-0.2, 0) is 38.7 Å². The molecule has 0 saturated carbocycles. The number of ketones is 2. The fourth-order valence-electron chi connectivity index (χ4n) is 0.407. The van der Waals surface area contributed by atoms with E-state index in [1.807, 2.05) is 0 Å². The van der Waals surface area contributed by atoms with Crippen molar-refractivity contribution in [3.8, 4) is 0 Å². The average Bonchev–Trinajstić information content (AvgIpc) is 1.79. The molecule has 0 aromatic heterocycles. The molecule has 0 aromatic carbocycles. The van der Waals surface area contributed by atoms with Crippen molar-refractivity contribution in [2.75, 3.05) is 0 Å². The smallest absolute Gasteiger partial charge is 0.550 e. The number of Topliss-reactive ketones (excluding diaryl/α,β-unsaturated/α-hetero) is 2. The molecule has 0 bridgehead atoms. The third kappa shape index (κ3) is 32.2. The van der Waals surface area contributed by atoms with Crippen LogP contribution in [0.15, 0.2) is 0 Å². The molecule has 0 heterocycles. The summed E-state index contributed by atoms with van der Waals surface area (Å²) < 4.78 is 0. The quantitative estimate of drug-likeness (QED) is 0.408. The number of carbonyl (C=O) groups is 4. The topological polar surface area (TPSA) is 114 Å². The summed E-state index contributed by atoms with van der Waals surface area (Å²) in [6.45, 7) is 2.41. The Kier molecular flexibility index (Phi) is 14.3. The van der Waals surface area contributed by atoms with E-state index < -0.39 is 24.8 Å². The van der Waals surface area contributed by atoms with Gasteiger partial charge in [-0.1, -0.05) is 0 Å². The first-order chi connectivity index (χ1) is 6.25. The molecule has 7 heteroatoms. The van der Waals surface area contributed by atoms with Gasteiger partial charge in [0, 0.05) is 24.8 Å². The van der Waals surface area contributed by atoms with Gasteiger partial charge < -0.3 is 19.8 Å². The van der Waals surface area contributed by atoms with Crippen LogP contribution < -0.4 is 10.2 Å². The van der Waals surface area contributed by atoms with E-state index in [2.05, 4.69) is 0 Å². The third-order valence-electron chi connectivity index (χ3n) is 0.787. The van der Waals surface area contributed by atoms with E-state index in [-0.39, 0.29) is 31.0 Å². The Morgan fingerprint density at radius 1 is 0.800 bits per heavy atom. The van der Waals surface area contributed by atoms with Crippen molar-refractivity contribution < 1.29 is 48.9 Å². The zero-order valence-corrected chi connectivity index (χ0v) is 11.5. The van der Waals surface area contributed by atoms with Gasteiger partial charge in [-0.25, -0.2) is 0 Å². The van der Waals surface area contributed by atoms with Crippen molar-refractivity contribution in [2.24, 2.45) is 0 Å². The van der Waals surface area contributed by atoms with Crippen molar-refractivity contribution in [3.63, 3.8) is 0 Å². The summed E-state index contributed by atoms with van der Waals surface area (Å²) in [5.74, 6) is -3.37. The number of carboxylic acids is 2. The molecular weight excluding hydrogens is 257 g/mol. The first kappa shape index (κ1) is 19.5. The van der Waals surface area contributed by atoms with Gasteiger partial charge in [-0.15, -0.1) is 0 Å². The maximum absolute atomic E-state index is 9.83. The number of hydrogen-bond donors (Lipinski definition) is 0. The van der Waals surface area contributed by atoms with E-state index in [0.29, 0.717) is 0 Å². The van der Waals surface area contributed by atoms with Crippen LogP contribution in [-0.4, -0.2) is 23.5 Å². The number of rotatable bonds is 4. The number of aliphatic carboxylic acids is 2. The molecule has 0 radical (unpaired) electrons. The molecule has 0 saturated heterocycles. The zero-order chi connectivity index (χ0) is 11.7. The van der Waals surface area contributed by atoms with Crippen molar-refractivity contribution in [3.05, 3.63) is 0 Å². The summed E-state index contributed by atoms with van der Waals surface area (Å²) >= 11 is 0. The van der Waals surface area contributed by atoms with Crippen molar-refractivity contribution in [2.45, 2.75) is 26.7 Å². The second-order valence-corrected chi connectivity index (χ2v) is 2.50. The SMILES string of the molecule is CC(=O)CC(=O)[O-].CC(=O)CC(=O)[O-].[Zn+2]. The molecule has 0 N–H and O–H groups in total. The number of carbonyl (C=O) groups excluding carboxylic acids is 4. The van der Waals surface area contributed by atoms with Gasteiger partial charge in [0.25, 0.3) is 0 Å². The molecule has 80 valence electrons. The fourth-order valence-corrected chi connectivity index (χ4v) is 0.407. The first-order valence-corrected chi connectivity index (χ1v) is 3.64. The van der Waals surface area contributed by atoms with Crippen LogP contribution in [0.5, 0.6) is 0 Å². The van der Waals surface area contributed by atoms with Crippen LogP contribution >= 0.6 is 0 Å². The normalized spacial score (nSPS) is 7.60. The van der Waals surface area contributed by atoms with E-state index in [4.69, 9.17) is 0 Å². The van der Waals surface area contributed by atoms with Crippen LogP contribution in [0.3, 0.4) is 0 Å². The maximum Gasteiger partial charge on any atom is 2.00 e. The summed E-state index contributed by atoms with van der Waals surface area (Å²) in [6.07, 6.45) is -0.944. The molecule has 0 unspecified atom stereocenters. The van der Waals surface area contributed by atoms with Gasteiger partial charge >= 0.3 is 19.5 Å². The Morgan fingerprint density at radius 3 is 1.00 bits per heavy atom. The third-order valence-corrected chi connectivity index (χ3v) is 0.787. The minimum atomic E-state index is -1.31. The van der Waals surface area contributed by atoms with Crippen LogP contribution in [0, 0.1) is 0 Å². The molecule has 0 fully saturated rings. The molecule has 0 rings (SSSR count). The van der Waals surface area contributed by atoms with Crippen LogP contribution in [0.2, 0.25) is 0 Å². The molecule has 0 aromatic rings. The van der Waals surface area contributed by atoms with E-state index in [9.17, 15) is 29.4 Å². The first-order valence-electron chi connectivity index (χ1n) is 3.64. The average molecular weight is 268 g/mol. The van der Waals surface area contributed by atoms with Gasteiger partial charge in [0.15, 0.2) is 0 Å². The summed E-state index contributed by atoms with van der Waals surface area (Å²) in [4.78, 5) is 38.6. The molecule has 0 aliphatic rings. The molecule has 15 heavy (non-hydrogen) atoms. The van der Waals surface area contributed by atoms with Gasteiger partial charge in [-0.3, -0.25) is 9.59 Å². The Labute approximate surface area is 99.4 Å². The number of hydrogen-bond acceptors (Lipinski definition) is 6. The van der Waals surface area contributed by atoms with Gasteiger partial charge in [-0.05, 0) is 13.8 Å². The van der Waals surface area contributed by atoms with E-state index in [1.165, 1.54) is 13.8 Å². The summed E-state index contributed by atoms with van der Waals surface area (Å²) in [6, 6.07) is 0. The molecule has 6 nitrogen and oxygen atoms in total. The summed E-state index contributed by atoms with van der Waals surface area (Å²) in [5, 5.41) is 19.0. The van der Waals surface area contributed by atoms with Gasteiger partial charge in [0.1, 0.15) is 11.6 Å². The van der Waals surface area contributed by atoms with Crippen LogP contribution in [0.25, 0.3) is 0 Å². The van der Waals surface area contributed by atoms with E-state index in [1.54, 1.807) is 0 Å². The van der Waals surface area contributed by atoms with Crippen LogP contribution in [0.1, 0.15) is 26.7 Å². The van der Waals surface area contributed by atoms with Crippen molar-refractivity contribution in [1.82, 2.24) is 0 Å². The maximum atomic E-state index is 9.83. The number of carboxylic acid groups (broad SMARTS) is 2. The van der Waals surface area contributed by atoms with Gasteiger partial charge in [-0.2, -0.15) is 0 Å². The molecular formula is C8H10O6Zn. The van der Waals surface area contributed by atoms with Gasteiger partial charge in [0.05, 0.1) is 0 Å². The second kappa shape index (κ2) is 11.0. The standard InChI is InChI=1S/2C4H6O3.Zn/c2*1-3(5)2-4(6)7;/h2*2H2,1H3,(H,6,7);/q;;+2/p-2. The zero-order valence-electron chi connectivity index (χ0n) is 8.57. The Bertz CT molecular complexity index is 198. The Hall–Kier alpha value is -1.10. The fraction of sp³-hybridized carbons (Fsp3) is 0.500. The predicted molar refractivity (Wildman–Crippen MR) is 40.6 cm³/mol. The molecule has 0 spiro atoms. The van der Waals surface area contributed by atoms with E-state index in [0.717, 1.165) is 0 Å². The summed E-state index contributed by atoms with van der Waals surface area (Å²) in [7, 11) is 0. The predicted octanol–water partition coefficient (Wildman–Crippen LogP) is -2.57. The van der Waals surface area contributed by atoms with Gasteiger partial charge in [0.2, 0.25) is 0 Å². The van der Waals surface area contributed by atoms with Crippen molar-refractivity contribution in [1.29, 1.82) is 0 Å². The largest absolute Gasteiger partial charge is 2.00 e. The van der Waals surface area contributed by atoms with E-state index >= 15 is 0 Å². The summed E-state index contributed by atoms with van der Waals surface area (Å²) in [5.41, 5.74) is 0. The Balaban J connectivity index is -0.000000180. The Morgan fingerprint density at radius 2 is 1.00 bits per heavy atom. The minimum absolute atomic E-state index is 0. The van der Waals surface area contributed by atoms with Crippen LogP contribution in [0.4, 0.5) is 0 Å². The molecule has 0 aliphatic carbocycles. The molecule has 0 atom stereocenters. The second-order valence-electron chi connectivity index (χ2n) is 2.50. The monoisotopic (exact) mass is 266 g/mol.